The van der Waals surface area contributed by atoms with Crippen LogP contribution in [0, 0.1) is 6.07 Å². The Morgan fingerprint density at radius 2 is 1.86 bits per heavy atom. The number of halogens is 1. The van der Waals surface area contributed by atoms with Crippen LogP contribution in [-0.4, -0.2) is 28.8 Å². The number of hydrogen-bond acceptors (Lipinski definition) is 1. The molecule has 0 saturated carbocycles. The second kappa shape index (κ2) is 11.9. The van der Waals surface area contributed by atoms with E-state index < -0.39 is 0 Å². The molecule has 0 amide bonds. The molecule has 0 aliphatic carbocycles. The van der Waals surface area contributed by atoms with Gasteiger partial charge in [0.1, 0.15) is 0 Å². The number of unbranched alkanes of at least 4 members (excludes halogenated alkanes) is 2. The minimum Gasteiger partial charge on any atom is -1.00 e. The summed E-state index contributed by atoms with van der Waals surface area (Å²) in [5, 5.41) is 0. The van der Waals surface area contributed by atoms with Gasteiger partial charge in [-0.1, -0.05) is 19.8 Å². The summed E-state index contributed by atoms with van der Waals surface area (Å²) in [5.41, 5.74) is 0. The van der Waals surface area contributed by atoms with Gasteiger partial charge in [-0.25, -0.2) is 0 Å². The topological polar surface area (TPSA) is 0 Å². The van der Waals surface area contributed by atoms with E-state index in [1.54, 1.807) is 0 Å². The fraction of sp³-hybridized carbons (Fsp3) is 0.455. The van der Waals surface area contributed by atoms with Gasteiger partial charge in [0.25, 0.3) is 0 Å². The van der Waals surface area contributed by atoms with Crippen molar-refractivity contribution in [1.82, 2.24) is 0 Å². The molecule has 0 bridgehead atoms. The van der Waals surface area contributed by atoms with E-state index >= 15 is 0 Å². The Bertz CT molecular complexity index is 204. The summed E-state index contributed by atoms with van der Waals surface area (Å²) < 4.78 is 0. The van der Waals surface area contributed by atoms with Gasteiger partial charge in [0.2, 0.25) is 0 Å². The van der Waals surface area contributed by atoms with Crippen LogP contribution in [0.15, 0.2) is 29.2 Å². The monoisotopic (exact) mass is 282 g/mol. The third-order valence-electron chi connectivity index (χ3n) is 1.70. The summed E-state index contributed by atoms with van der Waals surface area (Å²) in [5.74, 6) is 1.25. The molecule has 0 atom stereocenters. The van der Waals surface area contributed by atoms with Crippen molar-refractivity contribution in [2.24, 2.45) is 0 Å². The van der Waals surface area contributed by atoms with Crippen LogP contribution in [0.4, 0.5) is 0 Å². The van der Waals surface area contributed by atoms with Gasteiger partial charge < -0.3 is 17.0 Å². The maximum Gasteiger partial charge on any atom is 2.00 e. The average molecular weight is 284 g/mol. The molecule has 0 aliphatic rings. The van der Waals surface area contributed by atoms with Crippen LogP contribution in [0.25, 0.3) is 0 Å². The van der Waals surface area contributed by atoms with E-state index in [1.165, 1.54) is 29.9 Å². The van der Waals surface area contributed by atoms with Crippen molar-refractivity contribution in [2.45, 2.75) is 31.1 Å². The molecule has 0 N–H and O–H groups in total. The Hall–Kier alpha value is 0.816. The van der Waals surface area contributed by atoms with E-state index in [0.717, 1.165) is 0 Å². The van der Waals surface area contributed by atoms with E-state index in [1.807, 2.05) is 23.9 Å². The molecule has 0 radical (unpaired) electrons. The molecule has 14 heavy (non-hydrogen) atoms. The summed E-state index contributed by atoms with van der Waals surface area (Å²) in [6.45, 7) is 2.24. The molecule has 1 aromatic carbocycles. The van der Waals surface area contributed by atoms with Crippen LogP contribution in [0.5, 0.6) is 0 Å². The van der Waals surface area contributed by atoms with Crippen LogP contribution in [-0.2, 0) is 0 Å². The molecule has 74 valence electrons. The fourth-order valence-corrected chi connectivity index (χ4v) is 1.92. The zero-order valence-corrected chi connectivity index (χ0v) is 12.4. The molecule has 3 heteroatoms. The first kappa shape index (κ1) is 17.2. The van der Waals surface area contributed by atoms with Crippen molar-refractivity contribution < 1.29 is 17.0 Å². The first-order chi connectivity index (χ1) is 5.93. The molecule has 0 aromatic heterocycles. The van der Waals surface area contributed by atoms with E-state index in [0.29, 0.717) is 0 Å². The molecular formula is C11H15BrMgS. The second-order valence-electron chi connectivity index (χ2n) is 2.79. The van der Waals surface area contributed by atoms with Crippen molar-refractivity contribution in [3.8, 4) is 0 Å². The number of rotatable bonds is 5. The normalized spacial score (nSPS) is 8.64. The summed E-state index contributed by atoms with van der Waals surface area (Å²) >= 11 is 1.94. The van der Waals surface area contributed by atoms with Crippen LogP contribution < -0.4 is 17.0 Å². The van der Waals surface area contributed by atoms with Crippen molar-refractivity contribution in [1.29, 1.82) is 0 Å². The van der Waals surface area contributed by atoms with Gasteiger partial charge >= 0.3 is 23.1 Å². The molecule has 1 rings (SSSR count). The number of hydrogen-bond donors (Lipinski definition) is 0. The standard InChI is InChI=1S/C11H15S.BrH.Mg/c1-2-3-7-10-12-11-8-5-4-6-9-11;;/h5-6,8-9H,2-3,7,10H2,1H3;1H;/q-1;;+2/p-1. The maximum absolute atomic E-state index is 3.02. The van der Waals surface area contributed by atoms with Crippen molar-refractivity contribution in [3.63, 3.8) is 0 Å². The number of benzene rings is 1. The van der Waals surface area contributed by atoms with Crippen LogP contribution in [0.3, 0.4) is 0 Å². The van der Waals surface area contributed by atoms with Gasteiger partial charge in [-0.3, -0.25) is 0 Å². The third kappa shape index (κ3) is 8.15. The Balaban J connectivity index is 0. The quantitative estimate of drug-likeness (QED) is 0.326. The Morgan fingerprint density at radius 1 is 1.21 bits per heavy atom. The van der Waals surface area contributed by atoms with Crippen LogP contribution >= 0.6 is 11.8 Å². The molecule has 0 aliphatic heterocycles. The van der Waals surface area contributed by atoms with E-state index in [9.17, 15) is 0 Å². The SMILES string of the molecule is CCCCCSc1cc[c-]cc1.[Br-].[Mg+2]. The summed E-state index contributed by atoms with van der Waals surface area (Å²) in [7, 11) is 0. The van der Waals surface area contributed by atoms with Crippen LogP contribution in [0.1, 0.15) is 26.2 Å². The predicted octanol–water partition coefficient (Wildman–Crippen LogP) is 0.392. The van der Waals surface area contributed by atoms with Gasteiger partial charge in [-0.15, -0.1) is 4.90 Å². The van der Waals surface area contributed by atoms with Gasteiger partial charge in [0.05, 0.1) is 0 Å². The van der Waals surface area contributed by atoms with E-state index in [4.69, 9.17) is 0 Å². The van der Waals surface area contributed by atoms with Crippen molar-refractivity contribution in [2.75, 3.05) is 5.75 Å². The molecule has 0 unspecified atom stereocenters. The van der Waals surface area contributed by atoms with E-state index in [2.05, 4.69) is 25.1 Å². The van der Waals surface area contributed by atoms with Crippen molar-refractivity contribution in [3.05, 3.63) is 30.3 Å². The Labute approximate surface area is 118 Å². The predicted molar refractivity (Wildman–Crippen MR) is 61.3 cm³/mol. The Kier molecular flexibility index (Phi) is 14.6. The average Bonchev–Trinajstić information content (AvgIpc) is 2.14. The molecule has 0 nitrogen and oxygen atoms in total. The molecular weight excluding hydrogens is 268 g/mol. The van der Waals surface area contributed by atoms with Gasteiger partial charge in [0, 0.05) is 0 Å². The summed E-state index contributed by atoms with van der Waals surface area (Å²) in [4.78, 5) is 1.37. The van der Waals surface area contributed by atoms with Crippen molar-refractivity contribution >= 4 is 34.8 Å². The summed E-state index contributed by atoms with van der Waals surface area (Å²) in [6.07, 6.45) is 3.99. The van der Waals surface area contributed by atoms with Gasteiger partial charge in [-0.05, 0) is 12.2 Å². The minimum atomic E-state index is 0. The maximum atomic E-state index is 3.02. The second-order valence-corrected chi connectivity index (χ2v) is 3.96. The zero-order chi connectivity index (χ0) is 8.65. The molecule has 0 fully saturated rings. The molecule has 0 heterocycles. The largest absolute Gasteiger partial charge is 2.00 e. The first-order valence-electron chi connectivity index (χ1n) is 4.52. The van der Waals surface area contributed by atoms with E-state index in [-0.39, 0.29) is 40.0 Å². The minimum absolute atomic E-state index is 0. The first-order valence-corrected chi connectivity index (χ1v) is 5.51. The molecule has 0 saturated heterocycles. The smallest absolute Gasteiger partial charge is 1.00 e. The summed E-state index contributed by atoms with van der Waals surface area (Å²) in [6, 6.07) is 11.2. The fourth-order valence-electron chi connectivity index (χ4n) is 1.01. The molecule has 1 aromatic rings. The van der Waals surface area contributed by atoms with Crippen LogP contribution in [0.2, 0.25) is 0 Å². The molecule has 0 spiro atoms. The Morgan fingerprint density at radius 3 is 2.43 bits per heavy atom. The third-order valence-corrected chi connectivity index (χ3v) is 2.80. The van der Waals surface area contributed by atoms with Gasteiger partial charge in [0.15, 0.2) is 0 Å². The zero-order valence-electron chi connectivity index (χ0n) is 8.63. The number of thioether (sulfide) groups is 1. The van der Waals surface area contributed by atoms with Gasteiger partial charge in [-0.2, -0.15) is 42.1 Å².